The van der Waals surface area contributed by atoms with Crippen LogP contribution in [-0.2, 0) is 0 Å². The van der Waals surface area contributed by atoms with Gasteiger partial charge in [-0.25, -0.2) is 0 Å². The summed E-state index contributed by atoms with van der Waals surface area (Å²) in [7, 11) is 0. The first-order chi connectivity index (χ1) is 9.19. The van der Waals surface area contributed by atoms with Gasteiger partial charge in [-0.1, -0.05) is 43.5 Å². The number of benzene rings is 1. The van der Waals surface area contributed by atoms with Gasteiger partial charge in [-0.2, -0.15) is 0 Å². The minimum Gasteiger partial charge on any atom is -0.399 e. The van der Waals surface area contributed by atoms with E-state index in [4.69, 9.17) is 5.73 Å². The third-order valence-corrected chi connectivity index (χ3v) is 4.36. The van der Waals surface area contributed by atoms with Crippen LogP contribution in [0.2, 0.25) is 0 Å². The van der Waals surface area contributed by atoms with Crippen LogP contribution in [0.5, 0.6) is 0 Å². The Labute approximate surface area is 119 Å². The normalized spacial score (nSPS) is 22.7. The molecule has 0 aromatic heterocycles. The zero-order chi connectivity index (χ0) is 13.7. The highest BCUT2D eigenvalue weighted by Crippen LogP contribution is 2.28. The van der Waals surface area contributed by atoms with Crippen molar-refractivity contribution in [2.75, 3.05) is 11.5 Å². The largest absolute Gasteiger partial charge is 0.399 e. The first-order valence-corrected chi connectivity index (χ1v) is 7.44. The van der Waals surface area contributed by atoms with Crippen molar-refractivity contribution >= 4 is 23.0 Å². The molecule has 19 heavy (non-hydrogen) atoms. The first-order valence-electron chi connectivity index (χ1n) is 6.39. The Morgan fingerprint density at radius 3 is 2.84 bits per heavy atom. The van der Waals surface area contributed by atoms with Gasteiger partial charge in [0.25, 0.3) is 0 Å². The molecular weight excluding hydrogens is 252 g/mol. The van der Waals surface area contributed by atoms with E-state index in [0.29, 0.717) is 11.4 Å². The summed E-state index contributed by atoms with van der Waals surface area (Å²) < 4.78 is 0. The molecule has 3 N–H and O–H groups in total. The van der Waals surface area contributed by atoms with Gasteiger partial charge in [0, 0.05) is 17.5 Å². The van der Waals surface area contributed by atoms with Crippen molar-refractivity contribution in [3.05, 3.63) is 61.2 Å². The summed E-state index contributed by atoms with van der Waals surface area (Å²) in [5.41, 5.74) is 8.80. The van der Waals surface area contributed by atoms with E-state index in [2.05, 4.69) is 24.6 Å². The summed E-state index contributed by atoms with van der Waals surface area (Å²) in [4.78, 5) is 0. The molecule has 0 spiro atoms. The van der Waals surface area contributed by atoms with Crippen molar-refractivity contribution in [2.24, 2.45) is 0 Å². The van der Waals surface area contributed by atoms with E-state index in [1.807, 2.05) is 48.2 Å². The number of anilines is 1. The number of thioether (sulfide) groups is 1. The second-order valence-electron chi connectivity index (χ2n) is 4.65. The van der Waals surface area contributed by atoms with E-state index in [9.17, 15) is 0 Å². The maximum atomic E-state index is 5.69. The lowest BCUT2D eigenvalue weighted by molar-refractivity contribution is 0.647. The molecule has 100 valence electrons. The van der Waals surface area contributed by atoms with Gasteiger partial charge in [0.2, 0.25) is 0 Å². The number of nitrogen functional groups attached to an aromatic ring is 1. The molecule has 1 heterocycles. The number of rotatable bonds is 5. The molecule has 0 amide bonds. The van der Waals surface area contributed by atoms with Gasteiger partial charge in [-0.15, -0.1) is 11.8 Å². The molecule has 2 atom stereocenters. The van der Waals surface area contributed by atoms with Crippen LogP contribution in [0, 0.1) is 0 Å². The third kappa shape index (κ3) is 4.01. The summed E-state index contributed by atoms with van der Waals surface area (Å²) in [6.07, 6.45) is 6.92. The zero-order valence-electron chi connectivity index (χ0n) is 11.0. The van der Waals surface area contributed by atoms with E-state index in [1.165, 1.54) is 5.56 Å². The topological polar surface area (TPSA) is 38.0 Å². The van der Waals surface area contributed by atoms with Crippen molar-refractivity contribution in [1.29, 1.82) is 0 Å². The molecule has 0 aliphatic carbocycles. The van der Waals surface area contributed by atoms with Crippen molar-refractivity contribution in [2.45, 2.75) is 17.8 Å². The predicted molar refractivity (Wildman–Crippen MR) is 87.0 cm³/mol. The highest BCUT2D eigenvalue weighted by atomic mass is 32.2. The van der Waals surface area contributed by atoms with E-state index < -0.39 is 0 Å². The number of hydrogen-bond acceptors (Lipinski definition) is 3. The molecule has 0 radical (unpaired) electrons. The van der Waals surface area contributed by atoms with Gasteiger partial charge in [0.1, 0.15) is 0 Å². The molecule has 1 saturated heterocycles. The summed E-state index contributed by atoms with van der Waals surface area (Å²) >= 11 is 1.94. The van der Waals surface area contributed by atoms with Crippen LogP contribution >= 0.6 is 11.8 Å². The van der Waals surface area contributed by atoms with Crippen LogP contribution in [0.3, 0.4) is 0 Å². The predicted octanol–water partition coefficient (Wildman–Crippen LogP) is 3.45. The van der Waals surface area contributed by atoms with Crippen LogP contribution in [0.4, 0.5) is 5.69 Å². The second kappa shape index (κ2) is 6.64. The van der Waals surface area contributed by atoms with Crippen LogP contribution in [0.1, 0.15) is 12.0 Å². The fraction of sp³-hybridized carbons (Fsp3) is 0.250. The zero-order valence-corrected chi connectivity index (χ0v) is 11.8. The van der Waals surface area contributed by atoms with Crippen molar-refractivity contribution in [3.63, 3.8) is 0 Å². The van der Waals surface area contributed by atoms with Gasteiger partial charge in [0.05, 0.1) is 5.37 Å². The summed E-state index contributed by atoms with van der Waals surface area (Å²) in [6.45, 7) is 7.87. The van der Waals surface area contributed by atoms with Crippen LogP contribution < -0.4 is 11.1 Å². The standard InChI is InChI=1S/C16H20N2S/c1-3-4-5-15-11-19-16(18-15)10-12(2)13-6-8-14(17)9-7-13/h3-9,15-16,18H,1-2,10-11,17H2/b5-4+. The fourth-order valence-corrected chi connectivity index (χ4v) is 3.29. The van der Waals surface area contributed by atoms with Gasteiger partial charge in [0.15, 0.2) is 0 Å². The lowest BCUT2D eigenvalue weighted by Crippen LogP contribution is -2.28. The minimum atomic E-state index is 0.435. The minimum absolute atomic E-state index is 0.435. The van der Waals surface area contributed by atoms with Crippen molar-refractivity contribution < 1.29 is 0 Å². The van der Waals surface area contributed by atoms with Gasteiger partial charge >= 0.3 is 0 Å². The average molecular weight is 272 g/mol. The molecule has 0 bridgehead atoms. The molecule has 0 saturated carbocycles. The smallest absolute Gasteiger partial charge is 0.0578 e. The Kier molecular flexibility index (Phi) is 4.88. The molecule has 1 fully saturated rings. The van der Waals surface area contributed by atoms with Crippen molar-refractivity contribution in [3.8, 4) is 0 Å². The molecule has 1 aromatic rings. The quantitative estimate of drug-likeness (QED) is 0.637. The lowest BCUT2D eigenvalue weighted by atomic mass is 10.0. The molecule has 1 aliphatic heterocycles. The maximum absolute atomic E-state index is 5.69. The summed E-state index contributed by atoms with van der Waals surface area (Å²) in [5.74, 6) is 1.10. The number of allylic oxidation sites excluding steroid dienone is 2. The lowest BCUT2D eigenvalue weighted by Gasteiger charge is -2.13. The molecule has 2 nitrogen and oxygen atoms in total. The SMILES string of the molecule is C=C/C=C/C1CSC(CC(=C)c2ccc(N)cc2)N1. The number of nitrogens with two attached hydrogens (primary N) is 1. The summed E-state index contributed by atoms with van der Waals surface area (Å²) in [5, 5.41) is 4.02. The fourth-order valence-electron chi connectivity index (χ4n) is 2.06. The Balaban J connectivity index is 1.88. The number of nitrogens with one attached hydrogen (secondary N) is 1. The van der Waals surface area contributed by atoms with Gasteiger partial charge in [-0.3, -0.25) is 5.32 Å². The molecule has 2 unspecified atom stereocenters. The molecule has 1 aromatic carbocycles. The first kappa shape index (κ1) is 14.0. The van der Waals surface area contributed by atoms with E-state index >= 15 is 0 Å². The van der Waals surface area contributed by atoms with E-state index in [1.54, 1.807) is 0 Å². The van der Waals surface area contributed by atoms with Crippen molar-refractivity contribution in [1.82, 2.24) is 5.32 Å². The highest BCUT2D eigenvalue weighted by molar-refractivity contribution is 8.00. The monoisotopic (exact) mass is 272 g/mol. The molecular formula is C16H20N2S. The average Bonchev–Trinajstić information content (AvgIpc) is 2.84. The molecule has 2 rings (SSSR count). The van der Waals surface area contributed by atoms with Crippen LogP contribution in [-0.4, -0.2) is 17.2 Å². The summed E-state index contributed by atoms with van der Waals surface area (Å²) in [6, 6.07) is 8.35. The maximum Gasteiger partial charge on any atom is 0.0578 e. The molecule has 1 aliphatic rings. The third-order valence-electron chi connectivity index (χ3n) is 3.11. The van der Waals surface area contributed by atoms with Crippen LogP contribution in [0.25, 0.3) is 5.57 Å². The Morgan fingerprint density at radius 1 is 1.42 bits per heavy atom. The Morgan fingerprint density at radius 2 is 2.16 bits per heavy atom. The molecule has 3 heteroatoms. The second-order valence-corrected chi connectivity index (χ2v) is 5.88. The highest BCUT2D eigenvalue weighted by Gasteiger charge is 2.22. The number of hydrogen-bond donors (Lipinski definition) is 2. The van der Waals surface area contributed by atoms with Crippen LogP contribution in [0.15, 0.2) is 55.7 Å². The Bertz CT molecular complexity index is 476. The van der Waals surface area contributed by atoms with E-state index in [0.717, 1.165) is 23.4 Å². The Hall–Kier alpha value is -1.45. The van der Waals surface area contributed by atoms with E-state index in [-0.39, 0.29) is 0 Å². The van der Waals surface area contributed by atoms with Gasteiger partial charge < -0.3 is 5.73 Å². The van der Waals surface area contributed by atoms with Gasteiger partial charge in [-0.05, 0) is 29.7 Å².